The molecule has 1 atom stereocenters. The zero-order valence-corrected chi connectivity index (χ0v) is 14.9. The van der Waals surface area contributed by atoms with Crippen LogP contribution in [-0.2, 0) is 17.8 Å². The van der Waals surface area contributed by atoms with E-state index in [-0.39, 0.29) is 19.0 Å². The second-order valence-electron chi connectivity index (χ2n) is 6.03. The number of nitrogens with one attached hydrogen (secondary N) is 1. The lowest BCUT2D eigenvalue weighted by atomic mass is 9.91. The van der Waals surface area contributed by atoms with Crippen LogP contribution in [0, 0.1) is 5.92 Å². The molecule has 1 aromatic rings. The molecule has 0 amide bonds. The smallest absolute Gasteiger partial charge is 0.290 e. The number of nitrogens with zero attached hydrogens (tertiary/aromatic N) is 2. The SMILES string of the molecule is CCCCc1nc(Cl)c(CN2CCC(C(O)CO)CC2)[nH]1.O=CO. The highest BCUT2D eigenvalue weighted by atomic mass is 35.5. The zero-order chi connectivity index (χ0) is 17.9. The molecule has 1 aliphatic heterocycles. The van der Waals surface area contributed by atoms with Crippen molar-refractivity contribution in [3.63, 3.8) is 0 Å². The lowest BCUT2D eigenvalue weighted by Gasteiger charge is -2.33. The molecule has 7 nitrogen and oxygen atoms in total. The lowest BCUT2D eigenvalue weighted by molar-refractivity contribution is -0.122. The topological polar surface area (TPSA) is 110 Å². The van der Waals surface area contributed by atoms with Gasteiger partial charge < -0.3 is 20.3 Å². The van der Waals surface area contributed by atoms with Crippen LogP contribution in [0.15, 0.2) is 0 Å². The summed E-state index contributed by atoms with van der Waals surface area (Å²) in [6, 6.07) is 0. The number of aryl methyl sites for hydroxylation is 1. The van der Waals surface area contributed by atoms with Crippen molar-refractivity contribution in [3.05, 3.63) is 16.7 Å². The Bertz CT molecular complexity index is 476. The van der Waals surface area contributed by atoms with Crippen LogP contribution in [0.25, 0.3) is 0 Å². The van der Waals surface area contributed by atoms with Gasteiger partial charge in [-0.3, -0.25) is 9.69 Å². The average Bonchev–Trinajstić information content (AvgIpc) is 2.93. The van der Waals surface area contributed by atoms with Crippen LogP contribution < -0.4 is 0 Å². The molecule has 0 aromatic carbocycles. The molecule has 24 heavy (non-hydrogen) atoms. The third kappa shape index (κ3) is 6.76. The fourth-order valence-electron chi connectivity index (χ4n) is 2.88. The van der Waals surface area contributed by atoms with Crippen LogP contribution in [0.4, 0.5) is 0 Å². The zero-order valence-electron chi connectivity index (χ0n) is 14.1. The first kappa shape index (κ1) is 20.9. The molecule has 1 aliphatic rings. The van der Waals surface area contributed by atoms with Gasteiger partial charge in [-0.15, -0.1) is 0 Å². The molecule has 2 rings (SSSR count). The molecule has 0 aliphatic carbocycles. The second kappa shape index (κ2) is 11.4. The number of imidazole rings is 1. The summed E-state index contributed by atoms with van der Waals surface area (Å²) >= 11 is 6.20. The molecule has 1 fully saturated rings. The maximum absolute atomic E-state index is 9.68. The van der Waals surface area contributed by atoms with E-state index < -0.39 is 6.10 Å². The van der Waals surface area contributed by atoms with Gasteiger partial charge in [0.05, 0.1) is 18.4 Å². The number of carbonyl (C=O) groups is 1. The third-order valence-corrected chi connectivity index (χ3v) is 4.60. The van der Waals surface area contributed by atoms with Gasteiger partial charge in [-0.25, -0.2) is 4.98 Å². The number of unbranched alkanes of at least 4 members (excludes halogenated alkanes) is 1. The van der Waals surface area contributed by atoms with Crippen molar-refractivity contribution in [3.8, 4) is 0 Å². The molecular weight excluding hydrogens is 334 g/mol. The van der Waals surface area contributed by atoms with E-state index in [9.17, 15) is 5.11 Å². The maximum Gasteiger partial charge on any atom is 0.290 e. The predicted molar refractivity (Wildman–Crippen MR) is 92.0 cm³/mol. The summed E-state index contributed by atoms with van der Waals surface area (Å²) in [5.74, 6) is 1.19. The van der Waals surface area contributed by atoms with Crippen LogP contribution in [0.5, 0.6) is 0 Å². The number of rotatable bonds is 7. The summed E-state index contributed by atoms with van der Waals surface area (Å²) in [6.07, 6.45) is 4.46. The Morgan fingerprint density at radius 3 is 2.62 bits per heavy atom. The molecule has 8 heteroatoms. The van der Waals surface area contributed by atoms with Gasteiger partial charge in [-0.1, -0.05) is 24.9 Å². The van der Waals surface area contributed by atoms with E-state index >= 15 is 0 Å². The first-order chi connectivity index (χ1) is 11.5. The number of aromatic amines is 1. The Hall–Kier alpha value is -1.15. The van der Waals surface area contributed by atoms with Gasteiger partial charge in [0.25, 0.3) is 6.47 Å². The number of aliphatic hydroxyl groups excluding tert-OH is 2. The minimum atomic E-state index is -0.580. The summed E-state index contributed by atoms with van der Waals surface area (Å²) in [6.45, 7) is 4.39. The number of carboxylic acid groups (broad SMARTS) is 1. The molecule has 0 bridgehead atoms. The van der Waals surface area contributed by atoms with E-state index in [4.69, 9.17) is 26.6 Å². The van der Waals surface area contributed by atoms with Gasteiger partial charge >= 0.3 is 0 Å². The van der Waals surface area contributed by atoms with Gasteiger partial charge in [0.2, 0.25) is 0 Å². The summed E-state index contributed by atoms with van der Waals surface area (Å²) in [5, 5.41) is 26.2. The number of piperidine rings is 1. The third-order valence-electron chi connectivity index (χ3n) is 4.29. The van der Waals surface area contributed by atoms with Crippen LogP contribution in [0.1, 0.15) is 44.1 Å². The maximum atomic E-state index is 9.68. The van der Waals surface area contributed by atoms with Gasteiger partial charge in [-0.2, -0.15) is 0 Å². The van der Waals surface area contributed by atoms with E-state index in [1.54, 1.807) is 0 Å². The van der Waals surface area contributed by atoms with Crippen LogP contribution >= 0.6 is 11.6 Å². The summed E-state index contributed by atoms with van der Waals surface area (Å²) in [4.78, 5) is 18.4. The average molecular weight is 362 g/mol. The van der Waals surface area contributed by atoms with Crippen molar-refractivity contribution in [2.75, 3.05) is 19.7 Å². The van der Waals surface area contributed by atoms with Crippen molar-refractivity contribution >= 4 is 18.1 Å². The van der Waals surface area contributed by atoms with Crippen molar-refractivity contribution < 1.29 is 20.1 Å². The standard InChI is InChI=1S/C15H26ClN3O2.CH2O2/c1-2-3-4-14-17-12(15(16)18-14)9-19-7-5-11(6-8-19)13(21)10-20;2-1-3/h11,13,20-21H,2-10H2,1H3,(H,17,18);1H,(H,2,3). The van der Waals surface area contributed by atoms with Gasteiger partial charge in [0.1, 0.15) is 5.82 Å². The molecule has 1 unspecified atom stereocenters. The van der Waals surface area contributed by atoms with Crippen molar-refractivity contribution in [2.24, 2.45) is 5.92 Å². The minimum absolute atomic E-state index is 0.141. The van der Waals surface area contributed by atoms with Crippen molar-refractivity contribution in [2.45, 2.75) is 51.7 Å². The minimum Gasteiger partial charge on any atom is -0.483 e. The van der Waals surface area contributed by atoms with Gasteiger partial charge in [0, 0.05) is 13.0 Å². The van der Waals surface area contributed by atoms with Crippen molar-refractivity contribution in [1.29, 1.82) is 0 Å². The Morgan fingerprint density at radius 1 is 1.46 bits per heavy atom. The largest absolute Gasteiger partial charge is 0.483 e. The molecule has 0 radical (unpaired) electrons. The Balaban J connectivity index is 0.000000891. The number of aromatic nitrogens is 2. The Morgan fingerprint density at radius 2 is 2.08 bits per heavy atom. The summed E-state index contributed by atoms with van der Waals surface area (Å²) in [7, 11) is 0. The Labute approximate surface area is 147 Å². The van der Waals surface area contributed by atoms with E-state index in [0.717, 1.165) is 63.3 Å². The first-order valence-electron chi connectivity index (χ1n) is 8.38. The highest BCUT2D eigenvalue weighted by molar-refractivity contribution is 6.30. The number of aliphatic hydroxyl groups is 2. The summed E-state index contributed by atoms with van der Waals surface area (Å²) in [5.41, 5.74) is 0.990. The van der Waals surface area contributed by atoms with E-state index in [2.05, 4.69) is 21.8 Å². The Kier molecular flexibility index (Phi) is 9.94. The number of hydrogen-bond acceptors (Lipinski definition) is 5. The van der Waals surface area contributed by atoms with Gasteiger partial charge in [-0.05, 0) is 38.3 Å². The quantitative estimate of drug-likeness (QED) is 0.550. The fourth-order valence-corrected chi connectivity index (χ4v) is 3.08. The molecular formula is C16H28ClN3O4. The first-order valence-corrected chi connectivity index (χ1v) is 8.75. The molecule has 0 saturated carbocycles. The highest BCUT2D eigenvalue weighted by Gasteiger charge is 2.25. The van der Waals surface area contributed by atoms with E-state index in [1.165, 1.54) is 0 Å². The molecule has 1 aromatic heterocycles. The van der Waals surface area contributed by atoms with Crippen LogP contribution in [-0.4, -0.2) is 62.5 Å². The van der Waals surface area contributed by atoms with Crippen LogP contribution in [0.2, 0.25) is 5.15 Å². The summed E-state index contributed by atoms with van der Waals surface area (Å²) < 4.78 is 0. The second-order valence-corrected chi connectivity index (χ2v) is 6.38. The molecule has 138 valence electrons. The molecule has 1 saturated heterocycles. The lowest BCUT2D eigenvalue weighted by Crippen LogP contribution is -2.38. The van der Waals surface area contributed by atoms with Crippen LogP contribution in [0.3, 0.4) is 0 Å². The fraction of sp³-hybridized carbons (Fsp3) is 0.750. The number of halogens is 1. The molecule has 4 N–H and O–H groups in total. The highest BCUT2D eigenvalue weighted by Crippen LogP contribution is 2.23. The number of hydrogen-bond donors (Lipinski definition) is 4. The molecule has 2 heterocycles. The monoisotopic (exact) mass is 361 g/mol. The van der Waals surface area contributed by atoms with E-state index in [0.29, 0.717) is 5.15 Å². The number of likely N-dealkylation sites (tertiary alicyclic amines) is 1. The normalized spacial score (nSPS) is 17.2. The van der Waals surface area contributed by atoms with Crippen molar-refractivity contribution in [1.82, 2.24) is 14.9 Å². The van der Waals surface area contributed by atoms with Gasteiger partial charge in [0.15, 0.2) is 5.15 Å². The predicted octanol–water partition coefficient (Wildman–Crippen LogP) is 1.67. The molecule has 0 spiro atoms. The number of H-pyrrole nitrogens is 1. The van der Waals surface area contributed by atoms with E-state index in [1.807, 2.05) is 0 Å².